The van der Waals surface area contributed by atoms with Gasteiger partial charge in [0.05, 0.1) is 5.69 Å². The Morgan fingerprint density at radius 2 is 2.11 bits per heavy atom. The zero-order valence-corrected chi connectivity index (χ0v) is 11.3. The van der Waals surface area contributed by atoms with E-state index in [0.29, 0.717) is 11.4 Å². The van der Waals surface area contributed by atoms with Gasteiger partial charge >= 0.3 is 6.03 Å². The van der Waals surface area contributed by atoms with Crippen LogP contribution in [-0.4, -0.2) is 25.1 Å². The fourth-order valence-corrected chi connectivity index (χ4v) is 1.45. The number of nitrogens with two attached hydrogens (primary N) is 1. The Hall–Kier alpha value is -2.24. The van der Waals surface area contributed by atoms with E-state index in [1.54, 1.807) is 19.1 Å². The maximum absolute atomic E-state index is 11.6. The molecule has 6 nitrogen and oxygen atoms in total. The number of hydrogen-bond acceptors (Lipinski definition) is 4. The van der Waals surface area contributed by atoms with E-state index in [1.165, 1.54) is 7.05 Å². The number of carbonyl (C=O) groups is 2. The normalized spacial score (nSPS) is 11.5. The molecular formula is C13H19N3O3. The summed E-state index contributed by atoms with van der Waals surface area (Å²) in [4.78, 5) is 22.6. The fourth-order valence-electron chi connectivity index (χ4n) is 1.45. The zero-order chi connectivity index (χ0) is 14.4. The highest BCUT2D eigenvalue weighted by atomic mass is 16.5. The number of hydrogen-bond donors (Lipinski definition) is 3. The van der Waals surface area contributed by atoms with Crippen molar-refractivity contribution in [2.75, 3.05) is 12.8 Å². The quantitative estimate of drug-likeness (QED) is 0.709. The van der Waals surface area contributed by atoms with E-state index in [4.69, 9.17) is 10.5 Å². The maximum atomic E-state index is 11.6. The van der Waals surface area contributed by atoms with Crippen molar-refractivity contribution in [2.24, 2.45) is 0 Å². The summed E-state index contributed by atoms with van der Waals surface area (Å²) in [5.41, 5.74) is 7.40. The van der Waals surface area contributed by atoms with Crippen LogP contribution >= 0.6 is 0 Å². The molecule has 1 aromatic carbocycles. The van der Waals surface area contributed by atoms with Crippen molar-refractivity contribution in [1.29, 1.82) is 0 Å². The molecule has 0 aliphatic rings. The smallest absolute Gasteiger partial charge is 0.321 e. The molecule has 6 heteroatoms. The SMILES string of the molecule is CCc1ccc(OC(C)C(=O)NC(=O)NC)c(N)c1. The first kappa shape index (κ1) is 14.8. The summed E-state index contributed by atoms with van der Waals surface area (Å²) in [6.07, 6.45) is 0.0593. The molecule has 0 aliphatic carbocycles. The number of aryl methyl sites for hydroxylation is 1. The van der Waals surface area contributed by atoms with Gasteiger partial charge in [-0.3, -0.25) is 10.1 Å². The van der Waals surface area contributed by atoms with Gasteiger partial charge in [-0.2, -0.15) is 0 Å². The molecule has 0 radical (unpaired) electrons. The lowest BCUT2D eigenvalue weighted by molar-refractivity contribution is -0.126. The molecule has 3 amide bonds. The molecule has 0 saturated carbocycles. The highest BCUT2D eigenvalue weighted by Gasteiger charge is 2.17. The minimum Gasteiger partial charge on any atom is -0.479 e. The van der Waals surface area contributed by atoms with Gasteiger partial charge in [0, 0.05) is 7.05 Å². The van der Waals surface area contributed by atoms with Gasteiger partial charge in [0.15, 0.2) is 6.10 Å². The molecule has 4 N–H and O–H groups in total. The first-order valence-corrected chi connectivity index (χ1v) is 6.05. The minimum atomic E-state index is -0.813. The van der Waals surface area contributed by atoms with Crippen LogP contribution in [0.3, 0.4) is 0 Å². The standard InChI is InChI=1S/C13H19N3O3/c1-4-9-5-6-11(10(14)7-9)19-8(2)12(17)16-13(18)15-3/h5-8H,4,14H2,1-3H3,(H2,15,16,17,18). The second kappa shape index (κ2) is 6.63. The summed E-state index contributed by atoms with van der Waals surface area (Å²) >= 11 is 0. The second-order valence-electron chi connectivity index (χ2n) is 4.05. The molecule has 0 aliphatic heterocycles. The predicted molar refractivity (Wildman–Crippen MR) is 72.9 cm³/mol. The van der Waals surface area contributed by atoms with Crippen LogP contribution < -0.4 is 21.1 Å². The highest BCUT2D eigenvalue weighted by Crippen LogP contribution is 2.23. The van der Waals surface area contributed by atoms with E-state index in [-0.39, 0.29) is 0 Å². The number of anilines is 1. The van der Waals surface area contributed by atoms with Gasteiger partial charge in [0.2, 0.25) is 0 Å². The third-order valence-electron chi connectivity index (χ3n) is 2.62. The van der Waals surface area contributed by atoms with Crippen LogP contribution in [0.25, 0.3) is 0 Å². The first-order valence-electron chi connectivity index (χ1n) is 6.05. The Labute approximate surface area is 112 Å². The molecule has 0 fully saturated rings. The van der Waals surface area contributed by atoms with Crippen LogP contribution in [0.1, 0.15) is 19.4 Å². The second-order valence-corrected chi connectivity index (χ2v) is 4.05. The van der Waals surface area contributed by atoms with E-state index in [2.05, 4.69) is 10.6 Å². The van der Waals surface area contributed by atoms with Crippen LogP contribution in [0.5, 0.6) is 5.75 Å². The number of ether oxygens (including phenoxy) is 1. The van der Waals surface area contributed by atoms with Crippen molar-refractivity contribution < 1.29 is 14.3 Å². The van der Waals surface area contributed by atoms with E-state index < -0.39 is 18.0 Å². The Morgan fingerprint density at radius 1 is 1.42 bits per heavy atom. The monoisotopic (exact) mass is 265 g/mol. The largest absolute Gasteiger partial charge is 0.479 e. The van der Waals surface area contributed by atoms with Crippen molar-refractivity contribution in [3.8, 4) is 5.75 Å². The molecule has 1 unspecified atom stereocenters. The number of carbonyl (C=O) groups excluding carboxylic acids is 2. The summed E-state index contributed by atoms with van der Waals surface area (Å²) < 4.78 is 5.43. The average Bonchev–Trinajstić information content (AvgIpc) is 2.40. The van der Waals surface area contributed by atoms with Gasteiger partial charge in [0.25, 0.3) is 5.91 Å². The third-order valence-corrected chi connectivity index (χ3v) is 2.62. The molecule has 1 rings (SSSR count). The molecule has 0 saturated heterocycles. The van der Waals surface area contributed by atoms with Crippen molar-refractivity contribution in [1.82, 2.24) is 10.6 Å². The van der Waals surface area contributed by atoms with Crippen LogP contribution in [0.15, 0.2) is 18.2 Å². The van der Waals surface area contributed by atoms with Crippen LogP contribution in [0.2, 0.25) is 0 Å². The average molecular weight is 265 g/mol. The number of urea groups is 1. The molecule has 0 heterocycles. The maximum Gasteiger partial charge on any atom is 0.321 e. The number of rotatable bonds is 4. The van der Waals surface area contributed by atoms with Crippen molar-refractivity contribution in [2.45, 2.75) is 26.4 Å². The van der Waals surface area contributed by atoms with Crippen molar-refractivity contribution >= 4 is 17.6 Å². The summed E-state index contributed by atoms with van der Waals surface area (Å²) in [7, 11) is 1.43. The highest BCUT2D eigenvalue weighted by molar-refractivity contribution is 5.96. The number of nitrogen functional groups attached to an aromatic ring is 1. The van der Waals surface area contributed by atoms with Crippen LogP contribution in [0, 0.1) is 0 Å². The number of imide groups is 1. The van der Waals surface area contributed by atoms with Gasteiger partial charge in [-0.1, -0.05) is 13.0 Å². The van der Waals surface area contributed by atoms with E-state index in [0.717, 1.165) is 12.0 Å². The van der Waals surface area contributed by atoms with Crippen molar-refractivity contribution in [3.63, 3.8) is 0 Å². The summed E-state index contributed by atoms with van der Waals surface area (Å²) in [6, 6.07) is 4.83. The van der Waals surface area contributed by atoms with Crippen LogP contribution in [-0.2, 0) is 11.2 Å². The predicted octanol–water partition coefficient (Wildman–Crippen LogP) is 1.05. The van der Waals surface area contributed by atoms with Gasteiger partial charge in [-0.15, -0.1) is 0 Å². The topological polar surface area (TPSA) is 93.4 Å². The third kappa shape index (κ3) is 4.17. The van der Waals surface area contributed by atoms with Gasteiger partial charge in [-0.05, 0) is 31.0 Å². The van der Waals surface area contributed by atoms with E-state index in [1.807, 2.05) is 13.0 Å². The molecule has 0 spiro atoms. The van der Waals surface area contributed by atoms with Crippen LogP contribution in [0.4, 0.5) is 10.5 Å². The zero-order valence-electron chi connectivity index (χ0n) is 11.3. The van der Waals surface area contributed by atoms with Gasteiger partial charge in [0.1, 0.15) is 5.75 Å². The molecule has 19 heavy (non-hydrogen) atoms. The lowest BCUT2D eigenvalue weighted by atomic mass is 10.1. The first-order chi connectivity index (χ1) is 8.97. The minimum absolute atomic E-state index is 0.428. The molecule has 1 aromatic rings. The molecule has 0 aromatic heterocycles. The fraction of sp³-hybridized carbons (Fsp3) is 0.385. The lowest BCUT2D eigenvalue weighted by Gasteiger charge is -2.15. The Morgan fingerprint density at radius 3 is 2.63 bits per heavy atom. The molecule has 0 bridgehead atoms. The molecular weight excluding hydrogens is 246 g/mol. The lowest BCUT2D eigenvalue weighted by Crippen LogP contribution is -2.44. The Kier molecular flexibility index (Phi) is 5.17. The molecule has 1 atom stereocenters. The Balaban J connectivity index is 2.68. The number of benzene rings is 1. The van der Waals surface area contributed by atoms with Gasteiger partial charge in [-0.25, -0.2) is 4.79 Å². The summed E-state index contributed by atoms with van der Waals surface area (Å²) in [6.45, 7) is 3.57. The summed E-state index contributed by atoms with van der Waals surface area (Å²) in [5, 5.41) is 4.43. The number of amides is 3. The van der Waals surface area contributed by atoms with Crippen molar-refractivity contribution in [3.05, 3.63) is 23.8 Å². The number of nitrogens with one attached hydrogen (secondary N) is 2. The molecule has 104 valence electrons. The van der Waals surface area contributed by atoms with E-state index in [9.17, 15) is 9.59 Å². The van der Waals surface area contributed by atoms with Gasteiger partial charge < -0.3 is 15.8 Å². The Bertz CT molecular complexity index is 474. The summed E-state index contributed by atoms with van der Waals surface area (Å²) in [5.74, 6) is -0.102. The van der Waals surface area contributed by atoms with E-state index >= 15 is 0 Å².